The van der Waals surface area contributed by atoms with Crippen molar-refractivity contribution in [3.8, 4) is 0 Å². The van der Waals surface area contributed by atoms with Gasteiger partial charge in [-0.25, -0.2) is 0 Å². The summed E-state index contributed by atoms with van der Waals surface area (Å²) in [5.74, 6) is 0.962. The number of aryl methyl sites for hydroxylation is 3. The molecule has 0 saturated carbocycles. The molecule has 2 aromatic heterocycles. The van der Waals surface area contributed by atoms with E-state index >= 15 is 0 Å². The van der Waals surface area contributed by atoms with E-state index in [1.165, 1.54) is 22.4 Å². The topological polar surface area (TPSA) is 30.2 Å². The lowest BCUT2D eigenvalue weighted by Crippen LogP contribution is -2.02. The molecular formula is C11H15N3. The Morgan fingerprint density at radius 1 is 0.786 bits per heavy atom. The Balaban J connectivity index is 3.05. The molecule has 74 valence electrons. The van der Waals surface area contributed by atoms with Crippen LogP contribution in [0.15, 0.2) is 0 Å². The number of hydrogen-bond donors (Lipinski definition) is 0. The first kappa shape index (κ1) is 9.19. The number of rotatable bonds is 0. The Labute approximate surface area is 83.8 Å². The zero-order valence-corrected chi connectivity index (χ0v) is 9.34. The van der Waals surface area contributed by atoms with Crippen molar-refractivity contribution in [1.29, 1.82) is 0 Å². The summed E-state index contributed by atoms with van der Waals surface area (Å²) in [6, 6.07) is 0. The second-order valence-corrected chi connectivity index (χ2v) is 3.87. The fraction of sp³-hybridized carbons (Fsp3) is 0.455. The van der Waals surface area contributed by atoms with Crippen LogP contribution in [-0.2, 0) is 0 Å². The monoisotopic (exact) mass is 189 g/mol. The predicted molar refractivity (Wildman–Crippen MR) is 56.7 cm³/mol. The first-order chi connectivity index (χ1) is 6.54. The second kappa shape index (κ2) is 2.80. The average Bonchev–Trinajstić information content (AvgIpc) is 2.54. The van der Waals surface area contributed by atoms with Gasteiger partial charge in [0, 0.05) is 5.69 Å². The van der Waals surface area contributed by atoms with E-state index in [0.717, 1.165) is 11.5 Å². The summed E-state index contributed by atoms with van der Waals surface area (Å²) in [5, 5.41) is 8.31. The molecule has 2 aromatic rings. The highest BCUT2D eigenvalue weighted by atomic mass is 15.2. The fourth-order valence-electron chi connectivity index (χ4n) is 1.89. The van der Waals surface area contributed by atoms with E-state index in [1.807, 2.05) is 6.92 Å². The summed E-state index contributed by atoms with van der Waals surface area (Å²) >= 11 is 0. The van der Waals surface area contributed by atoms with Crippen LogP contribution in [0.4, 0.5) is 0 Å². The highest BCUT2D eigenvalue weighted by Gasteiger charge is 2.11. The number of aromatic nitrogens is 3. The Morgan fingerprint density at radius 3 is 2.07 bits per heavy atom. The molecule has 0 spiro atoms. The van der Waals surface area contributed by atoms with Gasteiger partial charge in [0.1, 0.15) is 5.82 Å². The normalized spacial score (nSPS) is 11.2. The highest BCUT2D eigenvalue weighted by Crippen LogP contribution is 2.21. The lowest BCUT2D eigenvalue weighted by molar-refractivity contribution is 0.958. The van der Waals surface area contributed by atoms with Crippen molar-refractivity contribution < 1.29 is 0 Å². The van der Waals surface area contributed by atoms with Crippen molar-refractivity contribution in [3.63, 3.8) is 0 Å². The first-order valence-electron chi connectivity index (χ1n) is 4.82. The van der Waals surface area contributed by atoms with Crippen LogP contribution < -0.4 is 0 Å². The molecule has 0 saturated heterocycles. The van der Waals surface area contributed by atoms with Crippen LogP contribution in [0.3, 0.4) is 0 Å². The van der Waals surface area contributed by atoms with Crippen LogP contribution in [0, 0.1) is 34.6 Å². The zero-order chi connectivity index (χ0) is 10.5. The molecule has 2 heterocycles. The molecular weight excluding hydrogens is 174 g/mol. The van der Waals surface area contributed by atoms with E-state index in [4.69, 9.17) is 0 Å². The van der Waals surface area contributed by atoms with Crippen molar-refractivity contribution in [2.24, 2.45) is 0 Å². The lowest BCUT2D eigenvalue weighted by atomic mass is 10.0. The summed E-state index contributed by atoms with van der Waals surface area (Å²) in [6.45, 7) is 10.5. The summed E-state index contributed by atoms with van der Waals surface area (Å²) in [4.78, 5) is 0. The molecule has 2 rings (SSSR count). The third kappa shape index (κ3) is 0.983. The molecule has 0 atom stereocenters. The van der Waals surface area contributed by atoms with Gasteiger partial charge < -0.3 is 0 Å². The van der Waals surface area contributed by atoms with Crippen LogP contribution in [-0.4, -0.2) is 14.6 Å². The third-order valence-electron chi connectivity index (χ3n) is 3.16. The standard InChI is InChI=1S/C11H15N3/c1-6-7(2)9(4)14-10(5)12-13-11(14)8(6)3/h1-5H3. The van der Waals surface area contributed by atoms with Gasteiger partial charge in [0.15, 0.2) is 5.65 Å². The smallest absolute Gasteiger partial charge is 0.164 e. The number of nitrogens with zero attached hydrogens (tertiary/aromatic N) is 3. The first-order valence-corrected chi connectivity index (χ1v) is 4.82. The van der Waals surface area contributed by atoms with E-state index in [2.05, 4.69) is 42.3 Å². The average molecular weight is 189 g/mol. The minimum absolute atomic E-state index is 0.962. The molecule has 0 bridgehead atoms. The summed E-state index contributed by atoms with van der Waals surface area (Å²) in [7, 11) is 0. The lowest BCUT2D eigenvalue weighted by Gasteiger charge is -2.11. The van der Waals surface area contributed by atoms with Crippen LogP contribution in [0.5, 0.6) is 0 Å². The van der Waals surface area contributed by atoms with Crippen molar-refractivity contribution in [2.75, 3.05) is 0 Å². The SMILES string of the molecule is Cc1c(C)c(C)n2c(C)nnc2c1C. The molecule has 0 amide bonds. The van der Waals surface area contributed by atoms with Crippen LogP contribution in [0.25, 0.3) is 5.65 Å². The minimum Gasteiger partial charge on any atom is -0.283 e. The van der Waals surface area contributed by atoms with Gasteiger partial charge in [-0.05, 0) is 51.3 Å². The van der Waals surface area contributed by atoms with E-state index in [1.54, 1.807) is 0 Å². The van der Waals surface area contributed by atoms with E-state index in [-0.39, 0.29) is 0 Å². The van der Waals surface area contributed by atoms with E-state index in [0.29, 0.717) is 0 Å². The third-order valence-corrected chi connectivity index (χ3v) is 3.16. The van der Waals surface area contributed by atoms with Crippen LogP contribution in [0.2, 0.25) is 0 Å². The Morgan fingerprint density at radius 2 is 1.43 bits per heavy atom. The van der Waals surface area contributed by atoms with Crippen molar-refractivity contribution in [2.45, 2.75) is 34.6 Å². The zero-order valence-electron chi connectivity index (χ0n) is 9.34. The van der Waals surface area contributed by atoms with Crippen molar-refractivity contribution >= 4 is 5.65 Å². The highest BCUT2D eigenvalue weighted by molar-refractivity contribution is 5.55. The molecule has 3 heteroatoms. The molecule has 0 N–H and O–H groups in total. The van der Waals surface area contributed by atoms with Gasteiger partial charge >= 0.3 is 0 Å². The fourth-order valence-corrected chi connectivity index (χ4v) is 1.89. The Kier molecular flexibility index (Phi) is 1.84. The van der Waals surface area contributed by atoms with Crippen LogP contribution >= 0.6 is 0 Å². The summed E-state index contributed by atoms with van der Waals surface area (Å²) in [5.41, 5.74) is 6.11. The van der Waals surface area contributed by atoms with Gasteiger partial charge in [0.05, 0.1) is 0 Å². The largest absolute Gasteiger partial charge is 0.283 e. The summed E-state index contributed by atoms with van der Waals surface area (Å²) in [6.07, 6.45) is 0. The molecule has 3 nitrogen and oxygen atoms in total. The predicted octanol–water partition coefficient (Wildman–Crippen LogP) is 2.27. The Bertz CT molecular complexity index is 509. The minimum atomic E-state index is 0.962. The van der Waals surface area contributed by atoms with Gasteiger partial charge in [-0.15, -0.1) is 10.2 Å². The van der Waals surface area contributed by atoms with Crippen molar-refractivity contribution in [1.82, 2.24) is 14.6 Å². The molecule has 0 aliphatic heterocycles. The quantitative estimate of drug-likeness (QED) is 0.636. The van der Waals surface area contributed by atoms with Crippen molar-refractivity contribution in [3.05, 3.63) is 28.2 Å². The maximum atomic E-state index is 4.19. The summed E-state index contributed by atoms with van der Waals surface area (Å²) < 4.78 is 2.12. The van der Waals surface area contributed by atoms with Gasteiger partial charge in [0.25, 0.3) is 0 Å². The molecule has 0 radical (unpaired) electrons. The Hall–Kier alpha value is -1.38. The van der Waals surface area contributed by atoms with Gasteiger partial charge in [0.2, 0.25) is 0 Å². The maximum Gasteiger partial charge on any atom is 0.164 e. The number of fused-ring (bicyclic) bond motifs is 1. The van der Waals surface area contributed by atoms with Gasteiger partial charge in [-0.2, -0.15) is 0 Å². The van der Waals surface area contributed by atoms with Gasteiger partial charge in [-0.3, -0.25) is 4.40 Å². The van der Waals surface area contributed by atoms with E-state index in [9.17, 15) is 0 Å². The van der Waals surface area contributed by atoms with Crippen LogP contribution in [0.1, 0.15) is 28.2 Å². The van der Waals surface area contributed by atoms with E-state index < -0.39 is 0 Å². The molecule has 0 aliphatic rings. The molecule has 14 heavy (non-hydrogen) atoms. The molecule has 0 aromatic carbocycles. The molecule has 0 fully saturated rings. The molecule has 0 unspecified atom stereocenters. The molecule has 0 aliphatic carbocycles. The second-order valence-electron chi connectivity index (χ2n) is 3.87. The maximum absolute atomic E-state index is 4.19. The number of pyridine rings is 1. The number of hydrogen-bond acceptors (Lipinski definition) is 2. The van der Waals surface area contributed by atoms with Gasteiger partial charge in [-0.1, -0.05) is 0 Å².